The number of aliphatic hydroxyl groups excluding tert-OH is 1. The molecule has 3 nitrogen and oxygen atoms in total. The molecule has 1 unspecified atom stereocenters. The van der Waals surface area contributed by atoms with Crippen LogP contribution < -0.4 is 0 Å². The molecule has 1 atom stereocenters. The standard InChI is InChI=1S/C14H19NO2/c16-13(11-6-2-1-3-7-11)10-14(17)12-8-4-5-9-15-12/h4-5,8-9,11,13,16H,1-3,6-7,10H2. The normalized spacial score (nSPS) is 18.9. The zero-order chi connectivity index (χ0) is 12.1. The minimum absolute atomic E-state index is 0.0522. The van der Waals surface area contributed by atoms with Crippen LogP contribution in [0.15, 0.2) is 24.4 Å². The Kier molecular flexibility index (Phi) is 4.26. The lowest BCUT2D eigenvalue weighted by molar-refractivity contribution is 0.0635. The topological polar surface area (TPSA) is 50.2 Å². The van der Waals surface area contributed by atoms with Gasteiger partial charge in [-0.3, -0.25) is 9.78 Å². The first kappa shape index (κ1) is 12.2. The number of carbonyl (C=O) groups excluding carboxylic acids is 1. The average molecular weight is 233 g/mol. The van der Waals surface area contributed by atoms with E-state index >= 15 is 0 Å². The molecule has 1 heterocycles. The van der Waals surface area contributed by atoms with E-state index < -0.39 is 6.10 Å². The number of nitrogens with zero attached hydrogens (tertiary/aromatic N) is 1. The van der Waals surface area contributed by atoms with Gasteiger partial charge in [-0.25, -0.2) is 0 Å². The van der Waals surface area contributed by atoms with E-state index in [0.717, 1.165) is 12.8 Å². The second-order valence-corrected chi connectivity index (χ2v) is 4.81. The van der Waals surface area contributed by atoms with Crippen LogP contribution in [0.3, 0.4) is 0 Å². The molecule has 3 heteroatoms. The van der Waals surface area contributed by atoms with Gasteiger partial charge in [0.15, 0.2) is 5.78 Å². The lowest BCUT2D eigenvalue weighted by Crippen LogP contribution is -2.25. The summed E-state index contributed by atoms with van der Waals surface area (Å²) in [7, 11) is 0. The maximum absolute atomic E-state index is 11.9. The summed E-state index contributed by atoms with van der Waals surface area (Å²) in [5.74, 6) is 0.250. The van der Waals surface area contributed by atoms with Crippen molar-refractivity contribution in [2.24, 2.45) is 5.92 Å². The fourth-order valence-electron chi connectivity index (χ4n) is 2.51. The maximum atomic E-state index is 11.9. The van der Waals surface area contributed by atoms with Crippen molar-refractivity contribution >= 4 is 5.78 Å². The molecule has 1 N–H and O–H groups in total. The molecule has 17 heavy (non-hydrogen) atoms. The van der Waals surface area contributed by atoms with Crippen LogP contribution in [0.25, 0.3) is 0 Å². The van der Waals surface area contributed by atoms with Crippen LogP contribution in [0.1, 0.15) is 49.0 Å². The van der Waals surface area contributed by atoms with Crippen LogP contribution in [0.2, 0.25) is 0 Å². The van der Waals surface area contributed by atoms with Crippen molar-refractivity contribution in [1.82, 2.24) is 4.98 Å². The molecule has 0 amide bonds. The summed E-state index contributed by atoms with van der Waals surface area (Å²) in [5, 5.41) is 10.1. The summed E-state index contributed by atoms with van der Waals surface area (Å²) >= 11 is 0. The van der Waals surface area contributed by atoms with Gasteiger partial charge in [-0.15, -0.1) is 0 Å². The Morgan fingerprint density at radius 1 is 1.35 bits per heavy atom. The van der Waals surface area contributed by atoms with Gasteiger partial charge in [-0.2, -0.15) is 0 Å². The molecule has 92 valence electrons. The third-order valence-electron chi connectivity index (χ3n) is 3.54. The quantitative estimate of drug-likeness (QED) is 0.813. The monoisotopic (exact) mass is 233 g/mol. The molecule has 1 aromatic heterocycles. The van der Waals surface area contributed by atoms with E-state index in [0.29, 0.717) is 11.6 Å². The second kappa shape index (κ2) is 5.92. The number of hydrogen-bond acceptors (Lipinski definition) is 3. The molecular weight excluding hydrogens is 214 g/mol. The molecule has 1 aliphatic carbocycles. The molecule has 2 rings (SSSR count). The first-order chi connectivity index (χ1) is 8.27. The number of aromatic nitrogens is 1. The molecular formula is C14H19NO2. The fourth-order valence-corrected chi connectivity index (χ4v) is 2.51. The van der Waals surface area contributed by atoms with E-state index in [4.69, 9.17) is 0 Å². The van der Waals surface area contributed by atoms with Crippen molar-refractivity contribution < 1.29 is 9.90 Å². The van der Waals surface area contributed by atoms with Gasteiger partial charge in [0.05, 0.1) is 6.10 Å². The maximum Gasteiger partial charge on any atom is 0.183 e. The van der Waals surface area contributed by atoms with Crippen molar-refractivity contribution in [3.8, 4) is 0 Å². The van der Waals surface area contributed by atoms with Crippen LogP contribution in [-0.2, 0) is 0 Å². The van der Waals surface area contributed by atoms with E-state index in [1.165, 1.54) is 19.3 Å². The zero-order valence-electron chi connectivity index (χ0n) is 10.0. The molecule has 0 aliphatic heterocycles. The molecule has 0 aromatic carbocycles. The minimum atomic E-state index is -0.496. The van der Waals surface area contributed by atoms with Gasteiger partial charge >= 0.3 is 0 Å². The van der Waals surface area contributed by atoms with Gasteiger partial charge in [-0.05, 0) is 30.9 Å². The Hall–Kier alpha value is -1.22. The summed E-state index contributed by atoms with van der Waals surface area (Å²) in [5.41, 5.74) is 0.461. The summed E-state index contributed by atoms with van der Waals surface area (Å²) in [6.45, 7) is 0. The van der Waals surface area contributed by atoms with Crippen LogP contribution in [0.4, 0.5) is 0 Å². The van der Waals surface area contributed by atoms with Crippen molar-refractivity contribution in [2.75, 3.05) is 0 Å². The van der Waals surface area contributed by atoms with Crippen LogP contribution in [0.5, 0.6) is 0 Å². The zero-order valence-corrected chi connectivity index (χ0v) is 10.0. The number of Topliss-reactive ketones (excluding diaryl/α,β-unsaturated/α-hetero) is 1. The Balaban J connectivity index is 1.89. The van der Waals surface area contributed by atoms with Gasteiger partial charge in [0.25, 0.3) is 0 Å². The smallest absolute Gasteiger partial charge is 0.183 e. The Bertz CT molecular complexity index is 358. The SMILES string of the molecule is O=C(CC(O)C1CCCCC1)c1ccccn1. The summed E-state index contributed by atoms with van der Waals surface area (Å²) in [4.78, 5) is 15.9. The number of rotatable bonds is 4. The Morgan fingerprint density at radius 3 is 2.76 bits per heavy atom. The van der Waals surface area contributed by atoms with Gasteiger partial charge in [0.1, 0.15) is 5.69 Å². The van der Waals surface area contributed by atoms with E-state index in [2.05, 4.69) is 4.98 Å². The summed E-state index contributed by atoms with van der Waals surface area (Å²) < 4.78 is 0. The highest BCUT2D eigenvalue weighted by atomic mass is 16.3. The lowest BCUT2D eigenvalue weighted by atomic mass is 9.83. The van der Waals surface area contributed by atoms with Gasteiger partial charge < -0.3 is 5.11 Å². The lowest BCUT2D eigenvalue weighted by Gasteiger charge is -2.25. The van der Waals surface area contributed by atoms with Crippen molar-refractivity contribution in [3.63, 3.8) is 0 Å². The Morgan fingerprint density at radius 2 is 2.12 bits per heavy atom. The first-order valence-electron chi connectivity index (χ1n) is 6.39. The molecule has 1 aromatic rings. The third-order valence-corrected chi connectivity index (χ3v) is 3.54. The summed E-state index contributed by atoms with van der Waals surface area (Å²) in [6.07, 6.45) is 7.05. The predicted octanol–water partition coefficient (Wildman–Crippen LogP) is 2.60. The highest BCUT2D eigenvalue weighted by Gasteiger charge is 2.24. The van der Waals surface area contributed by atoms with E-state index in [1.54, 1.807) is 24.4 Å². The number of hydrogen-bond donors (Lipinski definition) is 1. The predicted molar refractivity (Wildman–Crippen MR) is 65.8 cm³/mol. The molecule has 1 fully saturated rings. The molecule has 0 spiro atoms. The second-order valence-electron chi connectivity index (χ2n) is 4.81. The van der Waals surface area contributed by atoms with Gasteiger partial charge in [0.2, 0.25) is 0 Å². The van der Waals surface area contributed by atoms with E-state index in [1.807, 2.05) is 0 Å². The number of pyridine rings is 1. The molecule has 0 radical (unpaired) electrons. The van der Waals surface area contributed by atoms with Gasteiger partial charge in [-0.1, -0.05) is 25.3 Å². The summed E-state index contributed by atoms with van der Waals surface area (Å²) in [6, 6.07) is 5.29. The first-order valence-corrected chi connectivity index (χ1v) is 6.39. The molecule has 1 aliphatic rings. The van der Waals surface area contributed by atoms with Crippen molar-refractivity contribution in [3.05, 3.63) is 30.1 Å². The van der Waals surface area contributed by atoms with E-state index in [9.17, 15) is 9.90 Å². The van der Waals surface area contributed by atoms with Gasteiger partial charge in [0, 0.05) is 12.6 Å². The third kappa shape index (κ3) is 3.37. The highest BCUT2D eigenvalue weighted by Crippen LogP contribution is 2.28. The molecule has 1 saturated carbocycles. The highest BCUT2D eigenvalue weighted by molar-refractivity contribution is 5.94. The largest absolute Gasteiger partial charge is 0.392 e. The fraction of sp³-hybridized carbons (Fsp3) is 0.571. The van der Waals surface area contributed by atoms with Crippen LogP contribution in [-0.4, -0.2) is 22.0 Å². The number of carbonyl (C=O) groups is 1. The van der Waals surface area contributed by atoms with Crippen molar-refractivity contribution in [2.45, 2.75) is 44.6 Å². The van der Waals surface area contributed by atoms with E-state index in [-0.39, 0.29) is 12.2 Å². The molecule has 0 saturated heterocycles. The van der Waals surface area contributed by atoms with Crippen molar-refractivity contribution in [1.29, 1.82) is 0 Å². The van der Waals surface area contributed by atoms with Crippen LogP contribution >= 0.6 is 0 Å². The molecule has 0 bridgehead atoms. The average Bonchev–Trinajstić information content (AvgIpc) is 2.40. The minimum Gasteiger partial charge on any atom is -0.392 e. The van der Waals surface area contributed by atoms with Crippen LogP contribution in [0, 0.1) is 5.92 Å². The Labute approximate surface area is 102 Å². The number of aliphatic hydroxyl groups is 1. The number of ketones is 1.